The number of aromatic nitrogens is 3. The summed E-state index contributed by atoms with van der Waals surface area (Å²) in [5.41, 5.74) is 1.70. The summed E-state index contributed by atoms with van der Waals surface area (Å²) in [4.78, 5) is 27.6. The highest BCUT2D eigenvalue weighted by Gasteiger charge is 2.31. The van der Waals surface area contributed by atoms with E-state index in [2.05, 4.69) is 20.2 Å². The van der Waals surface area contributed by atoms with Gasteiger partial charge in [-0.05, 0) is 50.2 Å². The Morgan fingerprint density at radius 2 is 1.81 bits per heavy atom. The van der Waals surface area contributed by atoms with E-state index >= 15 is 0 Å². The van der Waals surface area contributed by atoms with Gasteiger partial charge in [0.25, 0.3) is 5.91 Å². The number of anilines is 2. The summed E-state index contributed by atoms with van der Waals surface area (Å²) in [6.07, 6.45) is -2.62. The predicted octanol–water partition coefficient (Wildman–Crippen LogP) is 5.51. The van der Waals surface area contributed by atoms with E-state index in [1.807, 2.05) is 32.2 Å². The van der Waals surface area contributed by atoms with Crippen LogP contribution < -0.4 is 10.2 Å². The number of hydrogen-bond acceptors (Lipinski definition) is 5. The molecule has 10 heteroatoms. The van der Waals surface area contributed by atoms with Gasteiger partial charge in [0.15, 0.2) is 11.6 Å². The molecule has 1 fully saturated rings. The number of alkyl halides is 3. The second-order valence-electron chi connectivity index (χ2n) is 8.88. The van der Waals surface area contributed by atoms with E-state index in [0.29, 0.717) is 30.2 Å². The molecule has 0 radical (unpaired) electrons. The number of hydrogen-bond donors (Lipinski definition) is 2. The molecule has 1 aliphatic rings. The lowest BCUT2D eigenvalue weighted by Gasteiger charge is -2.36. The minimum atomic E-state index is -4.53. The number of carbonyl (C=O) groups is 1. The van der Waals surface area contributed by atoms with Crippen LogP contribution in [-0.2, 0) is 10.9 Å². The molecule has 3 heterocycles. The monoisotopic (exact) mass is 495 g/mol. The number of rotatable bonds is 4. The summed E-state index contributed by atoms with van der Waals surface area (Å²) in [6.45, 7) is 5.41. The first-order valence-corrected chi connectivity index (χ1v) is 11.5. The molecule has 2 aromatic heterocycles. The Morgan fingerprint density at radius 3 is 2.56 bits per heavy atom. The number of amides is 1. The Kier molecular flexibility index (Phi) is 6.13. The van der Waals surface area contributed by atoms with Crippen molar-refractivity contribution in [1.82, 2.24) is 15.0 Å². The minimum absolute atomic E-state index is 0.0477. The Morgan fingerprint density at radius 1 is 1.06 bits per heavy atom. The Balaban J connectivity index is 1.45. The second kappa shape index (κ2) is 9.27. The molecule has 0 saturated carbocycles. The average molecular weight is 496 g/mol. The van der Waals surface area contributed by atoms with Gasteiger partial charge >= 0.3 is 6.18 Å². The maximum Gasteiger partial charge on any atom is 0.416 e. The van der Waals surface area contributed by atoms with Crippen molar-refractivity contribution >= 4 is 28.4 Å². The van der Waals surface area contributed by atoms with Crippen molar-refractivity contribution in [3.63, 3.8) is 0 Å². The number of nitrogens with one attached hydrogen (secondary N) is 2. The maximum atomic E-state index is 13.0. The molecule has 1 saturated heterocycles. The van der Waals surface area contributed by atoms with Crippen molar-refractivity contribution in [2.45, 2.75) is 32.2 Å². The number of morpholine rings is 1. The van der Waals surface area contributed by atoms with Gasteiger partial charge in [-0.3, -0.25) is 4.79 Å². The van der Waals surface area contributed by atoms with Gasteiger partial charge in [0, 0.05) is 36.1 Å². The Hall–Kier alpha value is -3.92. The third-order valence-corrected chi connectivity index (χ3v) is 5.94. The lowest BCUT2D eigenvalue weighted by Crippen LogP contribution is -2.46. The number of fused-ring (bicyclic) bond motifs is 1. The summed E-state index contributed by atoms with van der Waals surface area (Å²) in [5, 5.41) is 2.67. The van der Waals surface area contributed by atoms with E-state index in [1.165, 1.54) is 12.1 Å². The number of H-pyrrole nitrogens is 1. The van der Waals surface area contributed by atoms with Gasteiger partial charge in [-0.15, -0.1) is 0 Å². The first kappa shape index (κ1) is 23.8. The predicted molar refractivity (Wildman–Crippen MR) is 131 cm³/mol. The largest absolute Gasteiger partial charge is 0.416 e. The second-order valence-corrected chi connectivity index (χ2v) is 8.88. The molecule has 5 rings (SSSR count). The van der Waals surface area contributed by atoms with Crippen molar-refractivity contribution in [2.24, 2.45) is 0 Å². The fourth-order valence-corrected chi connectivity index (χ4v) is 4.41. The Bertz CT molecular complexity index is 1410. The van der Waals surface area contributed by atoms with Crippen LogP contribution in [0.15, 0.2) is 60.8 Å². The van der Waals surface area contributed by atoms with Gasteiger partial charge < -0.3 is 19.9 Å². The molecule has 4 aromatic rings. The summed E-state index contributed by atoms with van der Waals surface area (Å²) in [7, 11) is 0. The van der Waals surface area contributed by atoms with Gasteiger partial charge in [0.05, 0.1) is 23.3 Å². The third kappa shape index (κ3) is 4.90. The van der Waals surface area contributed by atoms with Crippen LogP contribution in [0, 0.1) is 0 Å². The molecular weight excluding hydrogens is 471 g/mol. The van der Waals surface area contributed by atoms with Crippen molar-refractivity contribution in [3.05, 3.63) is 71.9 Å². The maximum absolute atomic E-state index is 13.0. The highest BCUT2D eigenvalue weighted by Crippen LogP contribution is 2.31. The van der Waals surface area contributed by atoms with Crippen LogP contribution in [0.2, 0.25) is 0 Å². The van der Waals surface area contributed by atoms with Gasteiger partial charge in [0.2, 0.25) is 0 Å². The van der Waals surface area contributed by atoms with Gasteiger partial charge in [-0.2, -0.15) is 13.2 Å². The molecule has 2 N–H and O–H groups in total. The van der Waals surface area contributed by atoms with Crippen molar-refractivity contribution in [1.29, 1.82) is 0 Å². The van der Waals surface area contributed by atoms with E-state index in [1.54, 1.807) is 18.2 Å². The van der Waals surface area contributed by atoms with Crippen molar-refractivity contribution in [2.75, 3.05) is 23.3 Å². The molecule has 2 aromatic carbocycles. The van der Waals surface area contributed by atoms with Crippen LogP contribution in [0.25, 0.3) is 22.4 Å². The molecule has 0 aliphatic carbocycles. The minimum Gasteiger partial charge on any atom is -0.372 e. The zero-order valence-electron chi connectivity index (χ0n) is 19.6. The number of carbonyl (C=O) groups excluding carboxylic acids is 1. The number of nitrogens with zero attached hydrogens (tertiary/aromatic N) is 3. The third-order valence-electron chi connectivity index (χ3n) is 5.94. The fraction of sp³-hybridized carbons (Fsp3) is 0.269. The SMILES string of the molecule is CC1CN(c2nc(-c3cccc(NC(=O)c4cccc(C(F)(F)F)c4)c3)nc3cc[nH]c23)CC(C)O1. The quantitative estimate of drug-likeness (QED) is 0.390. The van der Waals surface area contributed by atoms with Crippen LogP contribution in [0.4, 0.5) is 24.7 Å². The zero-order valence-corrected chi connectivity index (χ0v) is 19.6. The fourth-order valence-electron chi connectivity index (χ4n) is 4.41. The molecule has 36 heavy (non-hydrogen) atoms. The van der Waals surface area contributed by atoms with Crippen molar-refractivity contribution < 1.29 is 22.7 Å². The van der Waals surface area contributed by atoms with E-state index in [-0.39, 0.29) is 17.8 Å². The molecule has 186 valence electrons. The molecule has 2 unspecified atom stereocenters. The molecule has 1 amide bonds. The van der Waals surface area contributed by atoms with Crippen LogP contribution in [0.3, 0.4) is 0 Å². The van der Waals surface area contributed by atoms with E-state index in [0.717, 1.165) is 29.0 Å². The number of halogens is 3. The standard InChI is InChI=1S/C26H24F3N5O2/c1-15-13-34(14-16(2)36-15)24-22-21(9-10-30-22)32-23(33-24)17-5-4-8-20(12-17)31-25(35)18-6-3-7-19(11-18)26(27,28)29/h3-12,15-16,30H,13-14H2,1-2H3,(H,31,35). The van der Waals surface area contributed by atoms with Crippen LogP contribution in [-0.4, -0.2) is 46.2 Å². The number of aromatic amines is 1. The zero-order chi connectivity index (χ0) is 25.4. The number of ether oxygens (including phenoxy) is 1. The first-order valence-electron chi connectivity index (χ1n) is 11.5. The summed E-state index contributed by atoms with van der Waals surface area (Å²) in [5.74, 6) is 0.594. The lowest BCUT2D eigenvalue weighted by molar-refractivity contribution is -0.137. The van der Waals surface area contributed by atoms with Crippen LogP contribution in [0.5, 0.6) is 0 Å². The molecule has 2 atom stereocenters. The summed E-state index contributed by atoms with van der Waals surface area (Å²) < 4.78 is 45.0. The summed E-state index contributed by atoms with van der Waals surface area (Å²) in [6, 6.07) is 13.1. The molecule has 7 nitrogen and oxygen atoms in total. The first-order chi connectivity index (χ1) is 17.2. The topological polar surface area (TPSA) is 83.1 Å². The van der Waals surface area contributed by atoms with E-state index < -0.39 is 17.6 Å². The van der Waals surface area contributed by atoms with Crippen LogP contribution in [0.1, 0.15) is 29.8 Å². The Labute approximate surface area is 205 Å². The summed E-state index contributed by atoms with van der Waals surface area (Å²) >= 11 is 0. The molecule has 1 aliphatic heterocycles. The smallest absolute Gasteiger partial charge is 0.372 e. The number of benzene rings is 2. The highest BCUT2D eigenvalue weighted by molar-refractivity contribution is 6.04. The molecule has 0 bridgehead atoms. The van der Waals surface area contributed by atoms with Gasteiger partial charge in [0.1, 0.15) is 5.52 Å². The highest BCUT2D eigenvalue weighted by atomic mass is 19.4. The normalized spacial score (nSPS) is 18.4. The molecular formula is C26H24F3N5O2. The molecule has 0 spiro atoms. The van der Waals surface area contributed by atoms with Crippen molar-refractivity contribution in [3.8, 4) is 11.4 Å². The van der Waals surface area contributed by atoms with Gasteiger partial charge in [-0.1, -0.05) is 18.2 Å². The van der Waals surface area contributed by atoms with Crippen LogP contribution >= 0.6 is 0 Å². The van der Waals surface area contributed by atoms with E-state index in [9.17, 15) is 18.0 Å². The average Bonchev–Trinajstić information content (AvgIpc) is 3.31. The van der Waals surface area contributed by atoms with Gasteiger partial charge in [-0.25, -0.2) is 9.97 Å². The lowest BCUT2D eigenvalue weighted by atomic mass is 10.1. The van der Waals surface area contributed by atoms with E-state index in [4.69, 9.17) is 9.72 Å².